The van der Waals surface area contributed by atoms with Gasteiger partial charge in [0.1, 0.15) is 0 Å². The van der Waals surface area contributed by atoms with Gasteiger partial charge in [0.25, 0.3) is 0 Å². The zero-order valence-corrected chi connectivity index (χ0v) is 8.84. The van der Waals surface area contributed by atoms with Crippen LogP contribution in [0.3, 0.4) is 0 Å². The molecule has 0 aromatic carbocycles. The Morgan fingerprint density at radius 1 is 1.17 bits per heavy atom. The molecule has 12 heavy (non-hydrogen) atoms. The molecule has 0 aliphatic rings. The van der Waals surface area contributed by atoms with Gasteiger partial charge in [0.2, 0.25) is 0 Å². The molecule has 0 rings (SSSR count). The van der Waals surface area contributed by atoms with E-state index in [4.69, 9.17) is 0 Å². The Kier molecular flexibility index (Phi) is 8.57. The molecular formula is C11H23N. The van der Waals surface area contributed by atoms with Gasteiger partial charge >= 0.3 is 0 Å². The minimum Gasteiger partial charge on any atom is -0.303 e. The first kappa shape index (κ1) is 11.7. The van der Waals surface area contributed by atoms with Crippen molar-refractivity contribution in [3.8, 4) is 0 Å². The molecule has 1 nitrogen and oxygen atoms in total. The van der Waals surface area contributed by atoms with Gasteiger partial charge in [-0.25, -0.2) is 0 Å². The third-order valence-corrected chi connectivity index (χ3v) is 2.05. The summed E-state index contributed by atoms with van der Waals surface area (Å²) in [6.07, 6.45) is 9.77. The fraction of sp³-hybridized carbons (Fsp3) is 0.818. The van der Waals surface area contributed by atoms with Crippen LogP contribution < -0.4 is 0 Å². The quantitative estimate of drug-likeness (QED) is 0.418. The van der Waals surface area contributed by atoms with E-state index in [0.29, 0.717) is 0 Å². The third kappa shape index (κ3) is 7.80. The van der Waals surface area contributed by atoms with Crippen molar-refractivity contribution in [2.75, 3.05) is 20.1 Å². The second kappa shape index (κ2) is 8.79. The van der Waals surface area contributed by atoms with Gasteiger partial charge in [-0.3, -0.25) is 0 Å². The van der Waals surface area contributed by atoms with Gasteiger partial charge in [-0.1, -0.05) is 38.3 Å². The van der Waals surface area contributed by atoms with E-state index in [1.165, 1.54) is 32.2 Å². The van der Waals surface area contributed by atoms with Crippen LogP contribution in [0.2, 0.25) is 0 Å². The molecule has 0 spiro atoms. The van der Waals surface area contributed by atoms with Crippen LogP contribution in [0.1, 0.15) is 39.5 Å². The maximum Gasteiger partial charge on any atom is 0.0160 e. The van der Waals surface area contributed by atoms with Gasteiger partial charge in [0, 0.05) is 6.54 Å². The van der Waals surface area contributed by atoms with Gasteiger partial charge in [-0.2, -0.15) is 0 Å². The summed E-state index contributed by atoms with van der Waals surface area (Å²) in [5.74, 6) is 0. The molecule has 0 N–H and O–H groups in total. The first-order valence-electron chi connectivity index (χ1n) is 5.11. The van der Waals surface area contributed by atoms with E-state index in [9.17, 15) is 0 Å². The molecule has 0 aliphatic heterocycles. The normalized spacial score (nSPS) is 11.7. The number of hydrogen-bond donors (Lipinski definition) is 0. The molecule has 0 saturated carbocycles. The van der Waals surface area contributed by atoms with Crippen molar-refractivity contribution < 1.29 is 0 Å². The summed E-state index contributed by atoms with van der Waals surface area (Å²) in [7, 11) is 2.19. The van der Waals surface area contributed by atoms with Crippen molar-refractivity contribution in [2.24, 2.45) is 0 Å². The monoisotopic (exact) mass is 169 g/mol. The molecule has 0 saturated heterocycles. The molecule has 0 unspecified atom stereocenters. The van der Waals surface area contributed by atoms with Crippen LogP contribution in [0.15, 0.2) is 12.2 Å². The van der Waals surface area contributed by atoms with E-state index >= 15 is 0 Å². The van der Waals surface area contributed by atoms with E-state index in [0.717, 1.165) is 6.54 Å². The highest BCUT2D eigenvalue weighted by Gasteiger charge is 1.93. The summed E-state index contributed by atoms with van der Waals surface area (Å²) in [5.41, 5.74) is 0. The smallest absolute Gasteiger partial charge is 0.0160 e. The fourth-order valence-corrected chi connectivity index (χ4v) is 1.19. The molecule has 72 valence electrons. The summed E-state index contributed by atoms with van der Waals surface area (Å²) in [5, 5.41) is 0. The highest BCUT2D eigenvalue weighted by molar-refractivity contribution is 4.79. The summed E-state index contributed by atoms with van der Waals surface area (Å²) in [4.78, 5) is 2.37. The number of rotatable bonds is 7. The van der Waals surface area contributed by atoms with Gasteiger partial charge < -0.3 is 4.90 Å². The van der Waals surface area contributed by atoms with E-state index in [2.05, 4.69) is 37.9 Å². The summed E-state index contributed by atoms with van der Waals surface area (Å²) >= 11 is 0. The predicted molar refractivity (Wildman–Crippen MR) is 56.5 cm³/mol. The number of allylic oxidation sites excluding steroid dienone is 1. The van der Waals surface area contributed by atoms with E-state index in [-0.39, 0.29) is 0 Å². The van der Waals surface area contributed by atoms with Crippen LogP contribution in [0.5, 0.6) is 0 Å². The lowest BCUT2D eigenvalue weighted by Gasteiger charge is -2.13. The molecule has 0 amide bonds. The molecule has 0 radical (unpaired) electrons. The molecule has 0 bridgehead atoms. The van der Waals surface area contributed by atoms with Crippen molar-refractivity contribution >= 4 is 0 Å². The predicted octanol–water partition coefficient (Wildman–Crippen LogP) is 3.07. The zero-order valence-electron chi connectivity index (χ0n) is 8.84. The Morgan fingerprint density at radius 3 is 2.50 bits per heavy atom. The van der Waals surface area contributed by atoms with Crippen molar-refractivity contribution in [1.82, 2.24) is 4.90 Å². The van der Waals surface area contributed by atoms with Crippen molar-refractivity contribution in [3.05, 3.63) is 12.2 Å². The Labute approximate surface area is 77.5 Å². The van der Waals surface area contributed by atoms with Crippen LogP contribution in [-0.2, 0) is 0 Å². The van der Waals surface area contributed by atoms with Gasteiger partial charge in [0.05, 0.1) is 0 Å². The summed E-state index contributed by atoms with van der Waals surface area (Å²) in [6.45, 7) is 6.67. The van der Waals surface area contributed by atoms with E-state index in [1.807, 2.05) is 0 Å². The highest BCUT2D eigenvalue weighted by Crippen LogP contribution is 1.99. The topological polar surface area (TPSA) is 3.24 Å². The largest absolute Gasteiger partial charge is 0.303 e. The Balaban J connectivity index is 3.13. The van der Waals surface area contributed by atoms with Crippen LogP contribution in [0.4, 0.5) is 0 Å². The molecule has 0 aromatic rings. The third-order valence-electron chi connectivity index (χ3n) is 2.05. The molecule has 1 heteroatoms. The molecule has 0 aliphatic carbocycles. The second-order valence-electron chi connectivity index (χ2n) is 3.39. The second-order valence-corrected chi connectivity index (χ2v) is 3.39. The Bertz CT molecular complexity index is 108. The van der Waals surface area contributed by atoms with Crippen molar-refractivity contribution in [1.29, 1.82) is 0 Å². The standard InChI is InChI=1S/C11H23N/c1-4-6-8-9-11-12(3)10-7-5-2/h5,7H,4,6,8-11H2,1-3H3. The van der Waals surface area contributed by atoms with Crippen molar-refractivity contribution in [2.45, 2.75) is 39.5 Å². The number of nitrogens with zero attached hydrogens (tertiary/aromatic N) is 1. The molecular weight excluding hydrogens is 146 g/mol. The average Bonchev–Trinajstić information content (AvgIpc) is 2.09. The molecule has 0 aromatic heterocycles. The maximum absolute atomic E-state index is 2.37. The minimum atomic E-state index is 1.10. The maximum atomic E-state index is 2.37. The molecule has 0 heterocycles. The van der Waals surface area contributed by atoms with Crippen LogP contribution >= 0.6 is 0 Å². The van der Waals surface area contributed by atoms with Gasteiger partial charge in [-0.05, 0) is 26.9 Å². The molecule has 0 fully saturated rings. The van der Waals surface area contributed by atoms with Crippen LogP contribution in [0.25, 0.3) is 0 Å². The Hall–Kier alpha value is -0.300. The lowest BCUT2D eigenvalue weighted by atomic mass is 10.2. The number of likely N-dealkylation sites (N-methyl/N-ethyl adjacent to an activating group) is 1. The highest BCUT2D eigenvalue weighted by atomic mass is 15.1. The van der Waals surface area contributed by atoms with Crippen LogP contribution in [0, 0.1) is 0 Å². The fourth-order valence-electron chi connectivity index (χ4n) is 1.19. The summed E-state index contributed by atoms with van der Waals surface area (Å²) < 4.78 is 0. The first-order chi connectivity index (χ1) is 5.81. The van der Waals surface area contributed by atoms with Gasteiger partial charge in [-0.15, -0.1) is 0 Å². The lowest BCUT2D eigenvalue weighted by molar-refractivity contribution is 0.357. The molecule has 0 atom stereocenters. The zero-order chi connectivity index (χ0) is 9.23. The first-order valence-corrected chi connectivity index (χ1v) is 5.11. The van der Waals surface area contributed by atoms with Crippen LogP contribution in [-0.4, -0.2) is 25.0 Å². The lowest BCUT2D eigenvalue weighted by Crippen LogP contribution is -2.19. The van der Waals surface area contributed by atoms with E-state index < -0.39 is 0 Å². The van der Waals surface area contributed by atoms with Crippen molar-refractivity contribution in [3.63, 3.8) is 0 Å². The average molecular weight is 169 g/mol. The summed E-state index contributed by atoms with van der Waals surface area (Å²) in [6, 6.07) is 0. The van der Waals surface area contributed by atoms with E-state index in [1.54, 1.807) is 0 Å². The Morgan fingerprint density at radius 2 is 1.92 bits per heavy atom. The SMILES string of the molecule is CC=CCN(C)CCCCCC. The van der Waals surface area contributed by atoms with Gasteiger partial charge in [0.15, 0.2) is 0 Å². The minimum absolute atomic E-state index is 1.10. The number of unbranched alkanes of at least 4 members (excludes halogenated alkanes) is 3. The number of hydrogen-bond acceptors (Lipinski definition) is 1.